The van der Waals surface area contributed by atoms with Crippen LogP contribution in [0.4, 0.5) is 0 Å². The van der Waals surface area contributed by atoms with Crippen molar-refractivity contribution >= 4 is 0 Å². The monoisotopic (exact) mass is 192 g/mol. The molecule has 76 valence electrons. The Morgan fingerprint density at radius 1 is 1.29 bits per heavy atom. The van der Waals surface area contributed by atoms with Crippen molar-refractivity contribution in [2.75, 3.05) is 6.61 Å². The van der Waals surface area contributed by atoms with Crippen molar-refractivity contribution in [1.82, 2.24) is 0 Å². The Morgan fingerprint density at radius 2 is 2.07 bits per heavy atom. The van der Waals surface area contributed by atoms with Crippen LogP contribution in [-0.2, 0) is 9.47 Å². The van der Waals surface area contributed by atoms with Gasteiger partial charge in [-0.25, -0.2) is 0 Å². The molecule has 2 nitrogen and oxygen atoms in total. The van der Waals surface area contributed by atoms with Crippen LogP contribution in [-0.4, -0.2) is 12.9 Å². The van der Waals surface area contributed by atoms with Gasteiger partial charge in [0.05, 0.1) is 12.7 Å². The van der Waals surface area contributed by atoms with Gasteiger partial charge in [-0.3, -0.25) is 0 Å². The average Bonchev–Trinajstić information content (AvgIpc) is 2.30. The fourth-order valence-electron chi connectivity index (χ4n) is 1.72. The largest absolute Gasteiger partial charge is 0.353 e. The minimum absolute atomic E-state index is 0.0195. The molecule has 1 aromatic carbocycles. The zero-order valence-electron chi connectivity index (χ0n) is 8.48. The molecule has 0 bridgehead atoms. The molecule has 1 aromatic rings. The summed E-state index contributed by atoms with van der Waals surface area (Å²) >= 11 is 0. The summed E-state index contributed by atoms with van der Waals surface area (Å²) in [7, 11) is 0. The Hall–Kier alpha value is -0.860. The Kier molecular flexibility index (Phi) is 3.17. The molecule has 2 heteroatoms. The average molecular weight is 192 g/mol. The molecule has 1 fully saturated rings. The van der Waals surface area contributed by atoms with E-state index in [2.05, 4.69) is 31.2 Å². The lowest BCUT2D eigenvalue weighted by atomic mass is 10.1. The van der Waals surface area contributed by atoms with E-state index in [1.165, 1.54) is 5.56 Å². The van der Waals surface area contributed by atoms with Gasteiger partial charge in [0.2, 0.25) is 0 Å². The summed E-state index contributed by atoms with van der Waals surface area (Å²) in [6.07, 6.45) is 2.08. The van der Waals surface area contributed by atoms with Crippen molar-refractivity contribution in [3.05, 3.63) is 35.9 Å². The summed E-state index contributed by atoms with van der Waals surface area (Å²) in [4.78, 5) is 0. The number of hydrogen-bond donors (Lipinski definition) is 0. The second kappa shape index (κ2) is 4.58. The number of benzene rings is 1. The SMILES string of the molecule is CCC1OCCC(c2ccccc2)O1. The van der Waals surface area contributed by atoms with Gasteiger partial charge in [0, 0.05) is 6.42 Å². The van der Waals surface area contributed by atoms with E-state index >= 15 is 0 Å². The first-order chi connectivity index (χ1) is 6.90. The van der Waals surface area contributed by atoms with Crippen LogP contribution in [0.3, 0.4) is 0 Å². The third-order valence-electron chi connectivity index (χ3n) is 2.50. The van der Waals surface area contributed by atoms with Crippen molar-refractivity contribution in [1.29, 1.82) is 0 Å². The van der Waals surface area contributed by atoms with Crippen LogP contribution in [0, 0.1) is 0 Å². The Balaban J connectivity index is 2.04. The highest BCUT2D eigenvalue weighted by Crippen LogP contribution is 2.27. The molecule has 2 atom stereocenters. The van der Waals surface area contributed by atoms with E-state index in [1.54, 1.807) is 0 Å². The molecule has 0 spiro atoms. The van der Waals surface area contributed by atoms with Crippen LogP contribution >= 0.6 is 0 Å². The standard InChI is InChI=1S/C12H16O2/c1-2-12-13-9-8-11(14-12)10-6-4-3-5-7-10/h3-7,11-12H,2,8-9H2,1H3. The van der Waals surface area contributed by atoms with Crippen LogP contribution in [0.25, 0.3) is 0 Å². The molecule has 1 saturated heterocycles. The van der Waals surface area contributed by atoms with E-state index in [4.69, 9.17) is 9.47 Å². The van der Waals surface area contributed by atoms with E-state index < -0.39 is 0 Å². The second-order valence-electron chi connectivity index (χ2n) is 3.53. The van der Waals surface area contributed by atoms with E-state index in [9.17, 15) is 0 Å². The predicted octanol–water partition coefficient (Wildman–Crippen LogP) is 2.90. The van der Waals surface area contributed by atoms with Crippen molar-refractivity contribution in [2.24, 2.45) is 0 Å². The first kappa shape index (κ1) is 9.69. The van der Waals surface area contributed by atoms with Gasteiger partial charge in [-0.2, -0.15) is 0 Å². The maximum atomic E-state index is 5.80. The molecule has 0 aliphatic carbocycles. The molecule has 0 aromatic heterocycles. The molecule has 2 rings (SSSR count). The van der Waals surface area contributed by atoms with Crippen LogP contribution < -0.4 is 0 Å². The lowest BCUT2D eigenvalue weighted by Crippen LogP contribution is -2.26. The molecule has 0 amide bonds. The Labute approximate surface area is 84.8 Å². The molecular formula is C12H16O2. The highest BCUT2D eigenvalue weighted by Gasteiger charge is 2.22. The van der Waals surface area contributed by atoms with Gasteiger partial charge < -0.3 is 9.47 Å². The van der Waals surface area contributed by atoms with Gasteiger partial charge in [-0.1, -0.05) is 37.3 Å². The summed E-state index contributed by atoms with van der Waals surface area (Å²) in [5.74, 6) is 0. The van der Waals surface area contributed by atoms with Gasteiger partial charge in [0.1, 0.15) is 0 Å². The summed E-state index contributed by atoms with van der Waals surface area (Å²) in [6, 6.07) is 10.4. The molecule has 1 aliphatic rings. The van der Waals surface area contributed by atoms with Gasteiger partial charge in [0.25, 0.3) is 0 Å². The van der Waals surface area contributed by atoms with Crippen LogP contribution in [0.1, 0.15) is 31.4 Å². The quantitative estimate of drug-likeness (QED) is 0.717. The van der Waals surface area contributed by atoms with Crippen LogP contribution in [0.2, 0.25) is 0 Å². The third-order valence-corrected chi connectivity index (χ3v) is 2.50. The summed E-state index contributed by atoms with van der Waals surface area (Å²) < 4.78 is 11.3. The molecule has 1 heterocycles. The molecule has 1 aliphatic heterocycles. The minimum atomic E-state index is -0.0195. The summed E-state index contributed by atoms with van der Waals surface area (Å²) in [6.45, 7) is 2.89. The molecule has 0 saturated carbocycles. The van der Waals surface area contributed by atoms with E-state index in [1.807, 2.05) is 6.07 Å². The van der Waals surface area contributed by atoms with Crippen LogP contribution in [0.15, 0.2) is 30.3 Å². The van der Waals surface area contributed by atoms with Crippen molar-refractivity contribution in [3.63, 3.8) is 0 Å². The first-order valence-electron chi connectivity index (χ1n) is 5.22. The summed E-state index contributed by atoms with van der Waals surface area (Å²) in [5.41, 5.74) is 1.26. The minimum Gasteiger partial charge on any atom is -0.353 e. The van der Waals surface area contributed by atoms with Gasteiger partial charge in [0.15, 0.2) is 6.29 Å². The molecule has 0 N–H and O–H groups in total. The van der Waals surface area contributed by atoms with Gasteiger partial charge in [-0.15, -0.1) is 0 Å². The third kappa shape index (κ3) is 2.14. The highest BCUT2D eigenvalue weighted by molar-refractivity contribution is 5.17. The maximum Gasteiger partial charge on any atom is 0.158 e. The van der Waals surface area contributed by atoms with E-state index in [0.29, 0.717) is 0 Å². The smallest absolute Gasteiger partial charge is 0.158 e. The van der Waals surface area contributed by atoms with Gasteiger partial charge >= 0.3 is 0 Å². The lowest BCUT2D eigenvalue weighted by molar-refractivity contribution is -0.215. The molecule has 14 heavy (non-hydrogen) atoms. The fraction of sp³-hybridized carbons (Fsp3) is 0.500. The number of rotatable bonds is 2. The zero-order valence-corrected chi connectivity index (χ0v) is 8.48. The number of ether oxygens (including phenoxy) is 2. The van der Waals surface area contributed by atoms with Crippen molar-refractivity contribution in [2.45, 2.75) is 32.2 Å². The van der Waals surface area contributed by atoms with E-state index in [-0.39, 0.29) is 12.4 Å². The molecule has 2 unspecified atom stereocenters. The fourth-order valence-corrected chi connectivity index (χ4v) is 1.72. The number of hydrogen-bond acceptors (Lipinski definition) is 2. The maximum absolute atomic E-state index is 5.80. The second-order valence-corrected chi connectivity index (χ2v) is 3.53. The van der Waals surface area contributed by atoms with Crippen molar-refractivity contribution in [3.8, 4) is 0 Å². The first-order valence-corrected chi connectivity index (χ1v) is 5.22. The Bertz CT molecular complexity index is 271. The topological polar surface area (TPSA) is 18.5 Å². The highest BCUT2D eigenvalue weighted by atomic mass is 16.7. The normalized spacial score (nSPS) is 27.5. The van der Waals surface area contributed by atoms with E-state index in [0.717, 1.165) is 19.4 Å². The molecule has 0 radical (unpaired) electrons. The van der Waals surface area contributed by atoms with Gasteiger partial charge in [-0.05, 0) is 12.0 Å². The van der Waals surface area contributed by atoms with Crippen molar-refractivity contribution < 1.29 is 9.47 Å². The zero-order chi connectivity index (χ0) is 9.80. The lowest BCUT2D eigenvalue weighted by Gasteiger charge is -2.29. The predicted molar refractivity (Wildman–Crippen MR) is 54.9 cm³/mol. The summed E-state index contributed by atoms with van der Waals surface area (Å²) in [5, 5.41) is 0. The van der Waals surface area contributed by atoms with Crippen LogP contribution in [0.5, 0.6) is 0 Å². The Morgan fingerprint density at radius 3 is 2.79 bits per heavy atom. The molecular weight excluding hydrogens is 176 g/mol.